The second-order valence-electron chi connectivity index (χ2n) is 5.51. The third kappa shape index (κ3) is 3.39. The van der Waals surface area contributed by atoms with Gasteiger partial charge >= 0.3 is 0 Å². The molecular weight excluding hydrogens is 303 g/mol. The van der Waals surface area contributed by atoms with E-state index in [0.717, 1.165) is 11.8 Å². The van der Waals surface area contributed by atoms with Crippen LogP contribution in [0.3, 0.4) is 0 Å². The summed E-state index contributed by atoms with van der Waals surface area (Å²) in [6.07, 6.45) is 2.36. The maximum Gasteiger partial charge on any atom is 0.262 e. The van der Waals surface area contributed by atoms with Crippen LogP contribution in [0.4, 0.5) is 15.8 Å². The molecule has 0 aliphatic heterocycles. The lowest BCUT2D eigenvalue weighted by Gasteiger charge is -2.11. The molecule has 0 aromatic heterocycles. The van der Waals surface area contributed by atoms with Gasteiger partial charge in [-0.05, 0) is 67.8 Å². The molecule has 6 heteroatoms. The Morgan fingerprint density at radius 1 is 1.05 bits per heavy atom. The van der Waals surface area contributed by atoms with E-state index < -0.39 is 15.8 Å². The highest BCUT2D eigenvalue weighted by molar-refractivity contribution is 7.92. The fourth-order valence-electron chi connectivity index (χ4n) is 2.22. The second-order valence-corrected chi connectivity index (χ2v) is 7.16. The molecule has 2 N–H and O–H groups in total. The SMILES string of the molecule is Cc1cc(F)ccc1S(=O)(=O)Nc1ccc(NC2CC2)cc1. The minimum atomic E-state index is -3.72. The Morgan fingerprint density at radius 3 is 2.27 bits per heavy atom. The van der Waals surface area contributed by atoms with Crippen LogP contribution in [0.1, 0.15) is 18.4 Å². The van der Waals surface area contributed by atoms with Crippen LogP contribution < -0.4 is 10.0 Å². The number of nitrogens with one attached hydrogen (secondary N) is 2. The van der Waals surface area contributed by atoms with Crippen LogP contribution in [-0.4, -0.2) is 14.5 Å². The molecule has 0 saturated heterocycles. The van der Waals surface area contributed by atoms with Crippen molar-refractivity contribution in [1.29, 1.82) is 0 Å². The van der Waals surface area contributed by atoms with Crippen molar-refractivity contribution < 1.29 is 12.8 Å². The van der Waals surface area contributed by atoms with Gasteiger partial charge in [0.05, 0.1) is 4.90 Å². The first-order valence-corrected chi connectivity index (χ1v) is 8.58. The van der Waals surface area contributed by atoms with E-state index in [4.69, 9.17) is 0 Å². The van der Waals surface area contributed by atoms with E-state index in [0.29, 0.717) is 17.3 Å². The molecule has 0 spiro atoms. The average Bonchev–Trinajstić information content (AvgIpc) is 3.24. The van der Waals surface area contributed by atoms with Gasteiger partial charge in [-0.1, -0.05) is 0 Å². The van der Waals surface area contributed by atoms with Crippen molar-refractivity contribution in [3.63, 3.8) is 0 Å². The number of rotatable bonds is 5. The summed E-state index contributed by atoms with van der Waals surface area (Å²) < 4.78 is 40.3. The maximum atomic E-state index is 13.1. The number of hydrogen-bond donors (Lipinski definition) is 2. The standard InChI is InChI=1S/C16H17FN2O2S/c1-11-10-12(17)2-9-16(11)22(20,21)19-15-7-5-14(6-8-15)18-13-3-4-13/h2,5-10,13,18-19H,3-4H2,1H3. The van der Waals surface area contributed by atoms with Gasteiger partial charge in [-0.15, -0.1) is 0 Å². The zero-order valence-corrected chi connectivity index (χ0v) is 13.0. The Bertz CT molecular complexity index is 784. The molecule has 1 saturated carbocycles. The molecule has 4 nitrogen and oxygen atoms in total. The zero-order chi connectivity index (χ0) is 15.7. The first-order valence-electron chi connectivity index (χ1n) is 7.10. The summed E-state index contributed by atoms with van der Waals surface area (Å²) in [7, 11) is -3.72. The molecule has 1 aliphatic rings. The topological polar surface area (TPSA) is 58.2 Å². The molecule has 116 valence electrons. The predicted octanol–water partition coefficient (Wildman–Crippen LogP) is 3.51. The summed E-state index contributed by atoms with van der Waals surface area (Å²) in [6, 6.07) is 11.3. The Morgan fingerprint density at radius 2 is 1.68 bits per heavy atom. The highest BCUT2D eigenvalue weighted by Crippen LogP contribution is 2.26. The van der Waals surface area contributed by atoms with Crippen molar-refractivity contribution in [3.8, 4) is 0 Å². The van der Waals surface area contributed by atoms with Crippen LogP contribution >= 0.6 is 0 Å². The first-order chi connectivity index (χ1) is 10.4. The number of benzene rings is 2. The molecule has 0 radical (unpaired) electrons. The van der Waals surface area contributed by atoms with Crippen molar-refractivity contribution in [2.45, 2.75) is 30.7 Å². The second kappa shape index (κ2) is 5.61. The van der Waals surface area contributed by atoms with Gasteiger partial charge in [0.15, 0.2) is 0 Å². The summed E-state index contributed by atoms with van der Waals surface area (Å²) >= 11 is 0. The van der Waals surface area contributed by atoms with E-state index in [1.807, 2.05) is 12.1 Å². The van der Waals surface area contributed by atoms with Crippen molar-refractivity contribution in [2.75, 3.05) is 10.0 Å². The number of anilines is 2. The van der Waals surface area contributed by atoms with Crippen molar-refractivity contribution in [1.82, 2.24) is 0 Å². The van der Waals surface area contributed by atoms with Crippen molar-refractivity contribution in [2.24, 2.45) is 0 Å². The van der Waals surface area contributed by atoms with E-state index >= 15 is 0 Å². The lowest BCUT2D eigenvalue weighted by atomic mass is 10.2. The molecule has 2 aromatic carbocycles. The summed E-state index contributed by atoms with van der Waals surface area (Å²) in [5.41, 5.74) is 1.83. The van der Waals surface area contributed by atoms with Gasteiger partial charge in [-0.25, -0.2) is 12.8 Å². The summed E-state index contributed by atoms with van der Waals surface area (Å²) in [5.74, 6) is -0.452. The normalized spacial score (nSPS) is 14.6. The minimum absolute atomic E-state index is 0.0779. The van der Waals surface area contributed by atoms with Crippen LogP contribution in [0.2, 0.25) is 0 Å². The largest absolute Gasteiger partial charge is 0.382 e. The lowest BCUT2D eigenvalue weighted by Crippen LogP contribution is -2.14. The van der Waals surface area contributed by atoms with Gasteiger partial charge in [0.25, 0.3) is 10.0 Å². The highest BCUT2D eigenvalue weighted by Gasteiger charge is 2.21. The van der Waals surface area contributed by atoms with Crippen molar-refractivity contribution in [3.05, 3.63) is 53.8 Å². The summed E-state index contributed by atoms with van der Waals surface area (Å²) in [4.78, 5) is 0.0779. The smallest absolute Gasteiger partial charge is 0.262 e. The monoisotopic (exact) mass is 320 g/mol. The number of halogens is 1. The van der Waals surface area contributed by atoms with Gasteiger partial charge in [0, 0.05) is 17.4 Å². The van der Waals surface area contributed by atoms with Gasteiger partial charge < -0.3 is 5.32 Å². The molecule has 0 atom stereocenters. The van der Waals surface area contributed by atoms with Crippen LogP contribution in [0.15, 0.2) is 47.4 Å². The third-order valence-electron chi connectivity index (χ3n) is 3.51. The third-order valence-corrected chi connectivity index (χ3v) is 5.05. The molecule has 3 rings (SSSR count). The van der Waals surface area contributed by atoms with Crippen LogP contribution in [0.25, 0.3) is 0 Å². The Kier molecular flexibility index (Phi) is 3.78. The predicted molar refractivity (Wildman–Crippen MR) is 85.0 cm³/mol. The van der Waals surface area contributed by atoms with Crippen LogP contribution in [0.5, 0.6) is 0 Å². The number of aryl methyl sites for hydroxylation is 1. The first kappa shape index (κ1) is 14.8. The number of hydrogen-bond acceptors (Lipinski definition) is 3. The lowest BCUT2D eigenvalue weighted by molar-refractivity contribution is 0.598. The van der Waals surface area contributed by atoms with Crippen LogP contribution in [0, 0.1) is 12.7 Å². The van der Waals surface area contributed by atoms with Gasteiger partial charge in [0.2, 0.25) is 0 Å². The molecule has 22 heavy (non-hydrogen) atoms. The van der Waals surface area contributed by atoms with Gasteiger partial charge in [-0.3, -0.25) is 4.72 Å². The minimum Gasteiger partial charge on any atom is -0.382 e. The molecule has 2 aromatic rings. The van der Waals surface area contributed by atoms with Crippen LogP contribution in [-0.2, 0) is 10.0 Å². The van der Waals surface area contributed by atoms with E-state index in [-0.39, 0.29) is 4.90 Å². The molecule has 0 bridgehead atoms. The quantitative estimate of drug-likeness (QED) is 0.886. The van der Waals surface area contributed by atoms with E-state index in [2.05, 4.69) is 10.0 Å². The molecule has 1 fully saturated rings. The Balaban J connectivity index is 1.78. The molecule has 0 heterocycles. The zero-order valence-electron chi connectivity index (χ0n) is 12.1. The number of sulfonamides is 1. The molecule has 0 unspecified atom stereocenters. The highest BCUT2D eigenvalue weighted by atomic mass is 32.2. The van der Waals surface area contributed by atoms with Crippen molar-refractivity contribution >= 4 is 21.4 Å². The Labute approximate surface area is 129 Å². The summed E-state index contributed by atoms with van der Waals surface area (Å²) in [6.45, 7) is 1.57. The fraction of sp³-hybridized carbons (Fsp3) is 0.250. The molecule has 1 aliphatic carbocycles. The van der Waals surface area contributed by atoms with E-state index in [9.17, 15) is 12.8 Å². The fourth-order valence-corrected chi connectivity index (χ4v) is 3.51. The molecular formula is C16H17FN2O2S. The average molecular weight is 320 g/mol. The van der Waals surface area contributed by atoms with Gasteiger partial charge in [0.1, 0.15) is 5.82 Å². The van der Waals surface area contributed by atoms with Gasteiger partial charge in [-0.2, -0.15) is 0 Å². The Hall–Kier alpha value is -2.08. The van der Waals surface area contributed by atoms with E-state index in [1.54, 1.807) is 19.1 Å². The molecule has 0 amide bonds. The van der Waals surface area contributed by atoms with E-state index in [1.165, 1.54) is 25.0 Å². The maximum absolute atomic E-state index is 13.1. The summed E-state index contributed by atoms with van der Waals surface area (Å²) in [5, 5.41) is 3.33.